The number of methoxy groups -OCH3 is 1. The third-order valence-corrected chi connectivity index (χ3v) is 4.00. The number of alkyl carbamates (subject to hydrolysis) is 1. The minimum atomic E-state index is -0.569. The van der Waals surface area contributed by atoms with E-state index >= 15 is 0 Å². The molecule has 5 heteroatoms. The van der Waals surface area contributed by atoms with Crippen LogP contribution in [0.25, 0.3) is 0 Å². The normalized spacial score (nSPS) is 13.0. The molecule has 0 aromatic heterocycles. The van der Waals surface area contributed by atoms with E-state index in [1.807, 2.05) is 57.2 Å². The number of unbranched alkanes of at least 4 members (excludes halogenated alkanes) is 1. The molecule has 0 bridgehead atoms. The van der Waals surface area contributed by atoms with Crippen molar-refractivity contribution in [3.63, 3.8) is 0 Å². The topological polar surface area (TPSA) is 64.6 Å². The van der Waals surface area contributed by atoms with Crippen LogP contribution >= 0.6 is 0 Å². The molecule has 0 aliphatic rings. The van der Waals surface area contributed by atoms with Crippen LogP contribution in [0.2, 0.25) is 0 Å². The molecule has 0 radical (unpaired) electrons. The van der Waals surface area contributed by atoms with Gasteiger partial charge >= 0.3 is 12.1 Å². The second-order valence-electron chi connectivity index (χ2n) is 7.55. The smallest absolute Gasteiger partial charge is 0.408 e. The predicted octanol–water partition coefficient (Wildman–Crippen LogP) is 4.80. The highest BCUT2D eigenvalue weighted by atomic mass is 16.6. The average Bonchev–Trinajstić information content (AvgIpc) is 2.60. The fourth-order valence-corrected chi connectivity index (χ4v) is 2.67. The standard InChI is InChI=1S/C22H33NO4/c1-6-7-13-18(14-15-20(24)26-5)19(16-17-11-9-8-10-12-17)23-21(25)27-22(2,3)4/h8-12,14,19H,6-7,13,15-16H2,1-5H3,(H,23,25)/b18-14+/t19-/m0/s1. The van der Waals surface area contributed by atoms with E-state index in [-0.39, 0.29) is 18.4 Å². The Labute approximate surface area is 163 Å². The van der Waals surface area contributed by atoms with Gasteiger partial charge in [0.2, 0.25) is 0 Å². The lowest BCUT2D eigenvalue weighted by molar-refractivity contribution is -0.139. The molecule has 1 aromatic carbocycles. The minimum absolute atomic E-state index is 0.191. The Bertz CT molecular complexity index is 617. The fourth-order valence-electron chi connectivity index (χ4n) is 2.67. The van der Waals surface area contributed by atoms with Gasteiger partial charge < -0.3 is 14.8 Å². The lowest BCUT2D eigenvalue weighted by atomic mass is 9.94. The third kappa shape index (κ3) is 9.83. The molecule has 1 N–H and O–H groups in total. The summed E-state index contributed by atoms with van der Waals surface area (Å²) in [5.41, 5.74) is 1.57. The van der Waals surface area contributed by atoms with Crippen LogP contribution in [-0.2, 0) is 20.7 Å². The highest BCUT2D eigenvalue weighted by Gasteiger charge is 2.22. The van der Waals surface area contributed by atoms with Gasteiger partial charge in [0, 0.05) is 0 Å². The summed E-state index contributed by atoms with van der Waals surface area (Å²) in [6.45, 7) is 7.63. The summed E-state index contributed by atoms with van der Waals surface area (Å²) >= 11 is 0. The fraction of sp³-hybridized carbons (Fsp3) is 0.545. The van der Waals surface area contributed by atoms with Crippen molar-refractivity contribution >= 4 is 12.1 Å². The van der Waals surface area contributed by atoms with Crippen LogP contribution in [0.1, 0.15) is 58.9 Å². The van der Waals surface area contributed by atoms with Crippen LogP contribution in [-0.4, -0.2) is 30.8 Å². The Morgan fingerprint density at radius 2 is 1.85 bits per heavy atom. The molecule has 0 spiro atoms. The van der Waals surface area contributed by atoms with Crippen LogP contribution in [0.15, 0.2) is 42.0 Å². The molecule has 0 unspecified atom stereocenters. The van der Waals surface area contributed by atoms with Gasteiger partial charge in [-0.25, -0.2) is 4.79 Å². The molecule has 0 fully saturated rings. The molecular weight excluding hydrogens is 342 g/mol. The summed E-state index contributed by atoms with van der Waals surface area (Å²) in [5.74, 6) is -0.292. The molecule has 1 rings (SSSR count). The summed E-state index contributed by atoms with van der Waals surface area (Å²) in [6, 6.07) is 9.74. The summed E-state index contributed by atoms with van der Waals surface area (Å²) in [4.78, 5) is 24.0. The summed E-state index contributed by atoms with van der Waals surface area (Å²) < 4.78 is 10.2. The first-order valence-electron chi connectivity index (χ1n) is 9.54. The lowest BCUT2D eigenvalue weighted by Gasteiger charge is -2.26. The molecular formula is C22H33NO4. The van der Waals surface area contributed by atoms with Crippen LogP contribution in [0.3, 0.4) is 0 Å². The first-order chi connectivity index (χ1) is 12.7. The zero-order valence-corrected chi connectivity index (χ0v) is 17.2. The van der Waals surface area contributed by atoms with Crippen LogP contribution in [0, 0.1) is 0 Å². The van der Waals surface area contributed by atoms with Crippen molar-refractivity contribution in [2.45, 2.75) is 71.4 Å². The van der Waals surface area contributed by atoms with Crippen molar-refractivity contribution in [3.8, 4) is 0 Å². The maximum absolute atomic E-state index is 12.4. The van der Waals surface area contributed by atoms with Gasteiger partial charge in [0.05, 0.1) is 19.6 Å². The van der Waals surface area contributed by atoms with Gasteiger partial charge in [0.25, 0.3) is 0 Å². The van der Waals surface area contributed by atoms with Gasteiger partial charge in [-0.3, -0.25) is 4.79 Å². The zero-order chi connectivity index (χ0) is 20.3. The second-order valence-corrected chi connectivity index (χ2v) is 7.55. The second kappa shape index (κ2) is 11.4. The summed E-state index contributed by atoms with van der Waals surface area (Å²) in [7, 11) is 1.38. The molecule has 150 valence electrons. The predicted molar refractivity (Wildman–Crippen MR) is 108 cm³/mol. The molecule has 0 saturated heterocycles. The van der Waals surface area contributed by atoms with E-state index in [4.69, 9.17) is 9.47 Å². The number of benzene rings is 1. The van der Waals surface area contributed by atoms with Gasteiger partial charge in [-0.05, 0) is 45.6 Å². The lowest BCUT2D eigenvalue weighted by Crippen LogP contribution is -2.41. The monoisotopic (exact) mass is 375 g/mol. The quantitative estimate of drug-likeness (QED) is 0.497. The SMILES string of the molecule is CCCC/C(=C\CC(=O)OC)[C@H](Cc1ccccc1)NC(=O)OC(C)(C)C. The Morgan fingerprint density at radius 1 is 1.19 bits per heavy atom. The largest absolute Gasteiger partial charge is 0.469 e. The van der Waals surface area contributed by atoms with Gasteiger partial charge in [-0.1, -0.05) is 55.3 Å². The Balaban J connectivity index is 3.04. The molecule has 5 nitrogen and oxygen atoms in total. The van der Waals surface area contributed by atoms with E-state index in [2.05, 4.69) is 12.2 Å². The van der Waals surface area contributed by atoms with Gasteiger partial charge in [-0.2, -0.15) is 0 Å². The number of carbonyl (C=O) groups is 2. The molecule has 0 aliphatic heterocycles. The molecule has 0 saturated carbocycles. The number of hydrogen-bond donors (Lipinski definition) is 1. The minimum Gasteiger partial charge on any atom is -0.469 e. The Hall–Kier alpha value is -2.30. The number of hydrogen-bond acceptors (Lipinski definition) is 4. The van der Waals surface area contributed by atoms with E-state index in [0.717, 1.165) is 30.4 Å². The number of carbonyl (C=O) groups excluding carboxylic acids is 2. The van der Waals surface area contributed by atoms with Crippen molar-refractivity contribution in [2.75, 3.05) is 7.11 Å². The molecule has 0 aliphatic carbocycles. The van der Waals surface area contributed by atoms with Crippen molar-refractivity contribution < 1.29 is 19.1 Å². The first kappa shape index (κ1) is 22.7. The Kier molecular flexibility index (Phi) is 9.62. The van der Waals surface area contributed by atoms with Crippen molar-refractivity contribution in [1.29, 1.82) is 0 Å². The van der Waals surface area contributed by atoms with Crippen molar-refractivity contribution in [1.82, 2.24) is 5.32 Å². The highest BCUT2D eigenvalue weighted by molar-refractivity contribution is 5.71. The van der Waals surface area contributed by atoms with E-state index in [0.29, 0.717) is 6.42 Å². The van der Waals surface area contributed by atoms with Crippen molar-refractivity contribution in [2.24, 2.45) is 0 Å². The maximum Gasteiger partial charge on any atom is 0.408 e. The molecule has 0 heterocycles. The molecule has 27 heavy (non-hydrogen) atoms. The molecule has 1 amide bonds. The van der Waals surface area contributed by atoms with Crippen LogP contribution in [0.4, 0.5) is 4.79 Å². The van der Waals surface area contributed by atoms with E-state index in [1.165, 1.54) is 7.11 Å². The van der Waals surface area contributed by atoms with E-state index in [9.17, 15) is 9.59 Å². The Morgan fingerprint density at radius 3 is 2.41 bits per heavy atom. The number of rotatable bonds is 9. The van der Waals surface area contributed by atoms with Gasteiger partial charge in [0.15, 0.2) is 0 Å². The van der Waals surface area contributed by atoms with Gasteiger partial charge in [-0.15, -0.1) is 0 Å². The third-order valence-electron chi connectivity index (χ3n) is 4.00. The molecule has 1 atom stereocenters. The number of nitrogens with one attached hydrogen (secondary N) is 1. The zero-order valence-electron chi connectivity index (χ0n) is 17.2. The molecule has 1 aromatic rings. The van der Waals surface area contributed by atoms with E-state index < -0.39 is 11.7 Å². The van der Waals surface area contributed by atoms with Crippen LogP contribution < -0.4 is 5.32 Å². The number of ether oxygens (including phenoxy) is 2. The van der Waals surface area contributed by atoms with Crippen LogP contribution in [0.5, 0.6) is 0 Å². The number of amides is 1. The maximum atomic E-state index is 12.4. The van der Waals surface area contributed by atoms with Gasteiger partial charge in [0.1, 0.15) is 5.60 Å². The first-order valence-corrected chi connectivity index (χ1v) is 9.54. The number of esters is 1. The van der Waals surface area contributed by atoms with E-state index in [1.54, 1.807) is 0 Å². The summed E-state index contributed by atoms with van der Waals surface area (Å²) in [5, 5.41) is 2.99. The summed E-state index contributed by atoms with van der Waals surface area (Å²) in [6.07, 6.45) is 5.07. The average molecular weight is 376 g/mol. The van der Waals surface area contributed by atoms with Crippen molar-refractivity contribution in [3.05, 3.63) is 47.5 Å². The highest BCUT2D eigenvalue weighted by Crippen LogP contribution is 2.19.